The third kappa shape index (κ3) is 4.85. The molecule has 3 nitrogen and oxygen atoms in total. The number of nitrogens with zero attached hydrogens (tertiary/aromatic N) is 1. The second-order valence-electron chi connectivity index (χ2n) is 5.73. The summed E-state index contributed by atoms with van der Waals surface area (Å²) in [5.41, 5.74) is 0.884. The van der Waals surface area contributed by atoms with Gasteiger partial charge in [-0.05, 0) is 39.1 Å². The zero-order valence-electron chi connectivity index (χ0n) is 14.0. The zero-order chi connectivity index (χ0) is 15.7. The van der Waals surface area contributed by atoms with Crippen LogP contribution in [0.2, 0.25) is 0 Å². The highest BCUT2D eigenvalue weighted by Gasteiger charge is 2.34. The van der Waals surface area contributed by atoms with E-state index in [1.54, 1.807) is 0 Å². The number of hydrogen-bond donors (Lipinski definition) is 1. The van der Waals surface area contributed by atoms with Crippen LogP contribution in [0.15, 0.2) is 30.3 Å². The second-order valence-corrected chi connectivity index (χ2v) is 5.73. The highest BCUT2D eigenvalue weighted by atomic mass is 16.1. The summed E-state index contributed by atoms with van der Waals surface area (Å²) in [6.07, 6.45) is 6.20. The summed E-state index contributed by atoms with van der Waals surface area (Å²) >= 11 is 0. The summed E-state index contributed by atoms with van der Waals surface area (Å²) in [5.74, 6) is 0.0346. The van der Waals surface area contributed by atoms with Gasteiger partial charge >= 0.3 is 0 Å². The number of hydrogen-bond acceptors (Lipinski definition) is 2. The van der Waals surface area contributed by atoms with E-state index < -0.39 is 0 Å². The van der Waals surface area contributed by atoms with Crippen LogP contribution in [0.25, 0.3) is 0 Å². The molecule has 118 valence electrons. The molecular formula is C18H30N2O. The Kier molecular flexibility index (Phi) is 7.44. The minimum absolute atomic E-state index is 0.0346. The lowest BCUT2D eigenvalue weighted by Gasteiger charge is -2.43. The number of benzene rings is 1. The van der Waals surface area contributed by atoms with Gasteiger partial charge in [-0.3, -0.25) is 4.79 Å². The van der Waals surface area contributed by atoms with Gasteiger partial charge in [-0.1, -0.05) is 51.3 Å². The average Bonchev–Trinajstić information content (AvgIpc) is 2.56. The number of carbonyl (C=O) groups excluding carboxylic acids is 1. The Balaban J connectivity index is 0.00000106. The van der Waals surface area contributed by atoms with E-state index in [1.165, 1.54) is 32.1 Å². The maximum Gasteiger partial charge on any atom is 0.251 e. The summed E-state index contributed by atoms with van der Waals surface area (Å²) in [5, 5.41) is 3.11. The zero-order valence-corrected chi connectivity index (χ0v) is 14.0. The van der Waals surface area contributed by atoms with Crippen molar-refractivity contribution in [3.05, 3.63) is 35.9 Å². The minimum atomic E-state index is 0.0346. The summed E-state index contributed by atoms with van der Waals surface area (Å²) in [4.78, 5) is 14.4. The van der Waals surface area contributed by atoms with Gasteiger partial charge in [0.25, 0.3) is 5.91 Å². The second kappa shape index (κ2) is 8.83. The van der Waals surface area contributed by atoms with Gasteiger partial charge in [-0.2, -0.15) is 0 Å². The summed E-state index contributed by atoms with van der Waals surface area (Å²) in [6, 6.07) is 9.45. The Labute approximate surface area is 129 Å². The van der Waals surface area contributed by atoms with Crippen molar-refractivity contribution < 1.29 is 4.79 Å². The smallest absolute Gasteiger partial charge is 0.251 e. The molecule has 0 aromatic heterocycles. The number of carbonyl (C=O) groups is 1. The standard InChI is InChI=1S/C16H24N2O.C2H6/c1-18(2)16(11-7-4-8-12-16)13-17-15(19)14-9-5-3-6-10-14;1-2/h3,5-6,9-10H,4,7-8,11-13H2,1-2H3,(H,17,19);1-2H3. The molecule has 1 aromatic carbocycles. The number of likely N-dealkylation sites (N-methyl/N-ethyl adjacent to an activating group) is 1. The van der Waals surface area contributed by atoms with Crippen LogP contribution in [0.3, 0.4) is 0 Å². The fourth-order valence-corrected chi connectivity index (χ4v) is 2.93. The van der Waals surface area contributed by atoms with Crippen molar-refractivity contribution in [2.45, 2.75) is 51.5 Å². The van der Waals surface area contributed by atoms with Crippen molar-refractivity contribution in [1.29, 1.82) is 0 Å². The van der Waals surface area contributed by atoms with Crippen LogP contribution in [0.5, 0.6) is 0 Å². The third-order valence-corrected chi connectivity index (χ3v) is 4.35. The number of amides is 1. The van der Waals surface area contributed by atoms with Crippen LogP contribution in [-0.4, -0.2) is 37.0 Å². The maximum atomic E-state index is 12.1. The van der Waals surface area contributed by atoms with Crippen LogP contribution >= 0.6 is 0 Å². The van der Waals surface area contributed by atoms with Crippen LogP contribution in [-0.2, 0) is 0 Å². The van der Waals surface area contributed by atoms with Gasteiger partial charge in [0.1, 0.15) is 0 Å². The lowest BCUT2D eigenvalue weighted by atomic mass is 9.80. The first-order chi connectivity index (χ1) is 10.1. The van der Waals surface area contributed by atoms with Crippen LogP contribution in [0, 0.1) is 0 Å². The molecule has 1 amide bonds. The van der Waals surface area contributed by atoms with Crippen molar-refractivity contribution >= 4 is 5.91 Å². The first-order valence-electron chi connectivity index (χ1n) is 8.15. The first kappa shape index (κ1) is 17.7. The fraction of sp³-hybridized carbons (Fsp3) is 0.611. The Bertz CT molecular complexity index is 408. The predicted octanol–water partition coefficient (Wildman–Crippen LogP) is 3.71. The van der Waals surface area contributed by atoms with Crippen molar-refractivity contribution in [2.75, 3.05) is 20.6 Å². The van der Waals surface area contributed by atoms with Gasteiger partial charge < -0.3 is 10.2 Å². The van der Waals surface area contributed by atoms with E-state index in [4.69, 9.17) is 0 Å². The van der Waals surface area contributed by atoms with Crippen molar-refractivity contribution in [1.82, 2.24) is 10.2 Å². The molecule has 0 heterocycles. The molecule has 1 aromatic rings. The number of nitrogens with one attached hydrogen (secondary N) is 1. The average molecular weight is 290 g/mol. The van der Waals surface area contributed by atoms with Crippen LogP contribution in [0.4, 0.5) is 0 Å². The number of rotatable bonds is 4. The Morgan fingerprint density at radius 2 is 1.67 bits per heavy atom. The van der Waals surface area contributed by atoms with Crippen LogP contribution in [0.1, 0.15) is 56.3 Å². The van der Waals surface area contributed by atoms with E-state index in [-0.39, 0.29) is 11.4 Å². The molecule has 0 saturated heterocycles. The molecule has 0 spiro atoms. The molecule has 1 aliphatic rings. The Hall–Kier alpha value is -1.35. The SMILES string of the molecule is CC.CN(C)C1(CNC(=O)c2ccccc2)CCCCC1. The van der Waals surface area contributed by atoms with Crippen molar-refractivity contribution in [3.8, 4) is 0 Å². The van der Waals surface area contributed by atoms with E-state index in [0.717, 1.165) is 12.1 Å². The normalized spacial score (nSPS) is 16.8. The molecule has 1 saturated carbocycles. The maximum absolute atomic E-state index is 12.1. The predicted molar refractivity (Wildman–Crippen MR) is 89.6 cm³/mol. The van der Waals surface area contributed by atoms with E-state index >= 15 is 0 Å². The molecule has 21 heavy (non-hydrogen) atoms. The Morgan fingerprint density at radius 3 is 2.19 bits per heavy atom. The van der Waals surface area contributed by atoms with Gasteiger partial charge in [-0.15, -0.1) is 0 Å². The molecule has 1 fully saturated rings. The van der Waals surface area contributed by atoms with Gasteiger partial charge in [0, 0.05) is 17.6 Å². The molecule has 0 radical (unpaired) electrons. The quantitative estimate of drug-likeness (QED) is 0.917. The summed E-state index contributed by atoms with van der Waals surface area (Å²) < 4.78 is 0. The summed E-state index contributed by atoms with van der Waals surface area (Å²) in [6.45, 7) is 4.74. The van der Waals surface area contributed by atoms with Crippen LogP contribution < -0.4 is 5.32 Å². The van der Waals surface area contributed by atoms with Crippen molar-refractivity contribution in [3.63, 3.8) is 0 Å². The van der Waals surface area contributed by atoms with Gasteiger partial charge in [-0.25, -0.2) is 0 Å². The third-order valence-electron chi connectivity index (χ3n) is 4.35. The molecule has 2 rings (SSSR count). The molecule has 0 atom stereocenters. The molecule has 3 heteroatoms. The van der Waals surface area contributed by atoms with E-state index in [1.807, 2.05) is 44.2 Å². The lowest BCUT2D eigenvalue weighted by Crippen LogP contribution is -2.53. The molecule has 1 N–H and O–H groups in total. The molecule has 0 unspecified atom stereocenters. The Morgan fingerprint density at radius 1 is 1.10 bits per heavy atom. The molecule has 1 aliphatic carbocycles. The van der Waals surface area contributed by atoms with Gasteiger partial charge in [0.2, 0.25) is 0 Å². The van der Waals surface area contributed by atoms with Crippen molar-refractivity contribution in [2.24, 2.45) is 0 Å². The first-order valence-corrected chi connectivity index (χ1v) is 8.15. The lowest BCUT2D eigenvalue weighted by molar-refractivity contribution is 0.0799. The summed E-state index contributed by atoms with van der Waals surface area (Å²) in [7, 11) is 4.25. The van der Waals surface area contributed by atoms with Gasteiger partial charge in [0.05, 0.1) is 0 Å². The highest BCUT2D eigenvalue weighted by Crippen LogP contribution is 2.31. The molecule has 0 aliphatic heterocycles. The molecule has 0 bridgehead atoms. The van der Waals surface area contributed by atoms with E-state index in [2.05, 4.69) is 24.3 Å². The fourth-order valence-electron chi connectivity index (χ4n) is 2.93. The minimum Gasteiger partial charge on any atom is -0.350 e. The highest BCUT2D eigenvalue weighted by molar-refractivity contribution is 5.94. The van der Waals surface area contributed by atoms with E-state index in [0.29, 0.717) is 0 Å². The van der Waals surface area contributed by atoms with Gasteiger partial charge in [0.15, 0.2) is 0 Å². The monoisotopic (exact) mass is 290 g/mol. The van der Waals surface area contributed by atoms with E-state index in [9.17, 15) is 4.79 Å². The molecular weight excluding hydrogens is 260 g/mol. The topological polar surface area (TPSA) is 32.3 Å². The largest absolute Gasteiger partial charge is 0.350 e.